The highest BCUT2D eigenvalue weighted by Crippen LogP contribution is 2.26. The van der Waals surface area contributed by atoms with Gasteiger partial charge in [-0.05, 0) is 26.2 Å². The van der Waals surface area contributed by atoms with E-state index >= 15 is 0 Å². The Labute approximate surface area is 95.4 Å². The number of aliphatic hydroxyl groups excluding tert-OH is 2. The highest BCUT2D eigenvalue weighted by atomic mass is 16.3. The van der Waals surface area contributed by atoms with Crippen molar-refractivity contribution in [2.75, 3.05) is 19.8 Å². The number of carbonyl (C=O) groups is 1. The van der Waals surface area contributed by atoms with Gasteiger partial charge < -0.3 is 20.4 Å². The summed E-state index contributed by atoms with van der Waals surface area (Å²) in [6.45, 7) is 1.92. The molecule has 1 unspecified atom stereocenters. The van der Waals surface area contributed by atoms with Crippen LogP contribution in [0.4, 0.5) is 0 Å². The van der Waals surface area contributed by atoms with E-state index in [0.717, 1.165) is 19.3 Å². The number of rotatable bonds is 5. The van der Waals surface area contributed by atoms with Crippen molar-refractivity contribution in [1.82, 2.24) is 10.2 Å². The molecular weight excluding hydrogens is 208 g/mol. The summed E-state index contributed by atoms with van der Waals surface area (Å²) in [6, 6.07) is 0.383. The first-order valence-electron chi connectivity index (χ1n) is 5.90. The van der Waals surface area contributed by atoms with Crippen LogP contribution in [0, 0.1) is 0 Å². The van der Waals surface area contributed by atoms with E-state index in [4.69, 9.17) is 0 Å². The molecule has 3 N–H and O–H groups in total. The largest absolute Gasteiger partial charge is 0.394 e. The Morgan fingerprint density at radius 1 is 1.38 bits per heavy atom. The molecule has 1 saturated carbocycles. The van der Waals surface area contributed by atoms with Crippen LogP contribution in [-0.4, -0.2) is 58.4 Å². The van der Waals surface area contributed by atoms with Crippen molar-refractivity contribution >= 4 is 5.91 Å². The van der Waals surface area contributed by atoms with Gasteiger partial charge in [-0.25, -0.2) is 0 Å². The summed E-state index contributed by atoms with van der Waals surface area (Å²) in [6.07, 6.45) is 3.08. The van der Waals surface area contributed by atoms with Gasteiger partial charge in [0.1, 0.15) is 0 Å². The van der Waals surface area contributed by atoms with Crippen LogP contribution < -0.4 is 5.32 Å². The Kier molecular flexibility index (Phi) is 3.19. The molecular formula is C11H20N2O3. The van der Waals surface area contributed by atoms with Gasteiger partial charge >= 0.3 is 0 Å². The molecule has 1 aliphatic carbocycles. The van der Waals surface area contributed by atoms with E-state index in [2.05, 4.69) is 5.32 Å². The maximum atomic E-state index is 12.1. The summed E-state index contributed by atoms with van der Waals surface area (Å²) in [5, 5.41) is 21.8. The van der Waals surface area contributed by atoms with Gasteiger partial charge in [-0.2, -0.15) is 0 Å². The fraction of sp³-hybridized carbons (Fsp3) is 0.909. The Morgan fingerprint density at radius 2 is 2.00 bits per heavy atom. The van der Waals surface area contributed by atoms with Crippen molar-refractivity contribution in [2.24, 2.45) is 0 Å². The Morgan fingerprint density at radius 3 is 2.50 bits per heavy atom. The zero-order valence-electron chi connectivity index (χ0n) is 9.65. The zero-order chi connectivity index (χ0) is 11.8. The molecule has 0 aromatic rings. The quantitative estimate of drug-likeness (QED) is 0.569. The van der Waals surface area contributed by atoms with Gasteiger partial charge in [-0.3, -0.25) is 4.79 Å². The summed E-state index contributed by atoms with van der Waals surface area (Å²) in [7, 11) is 0. The lowest BCUT2D eigenvalue weighted by molar-refractivity contribution is -0.137. The number of hydrogen-bond acceptors (Lipinski definition) is 4. The zero-order valence-corrected chi connectivity index (χ0v) is 9.65. The third-order valence-electron chi connectivity index (χ3n) is 3.55. The molecule has 1 amide bonds. The van der Waals surface area contributed by atoms with Crippen molar-refractivity contribution in [2.45, 2.75) is 43.8 Å². The highest BCUT2D eigenvalue weighted by molar-refractivity contribution is 5.84. The Balaban J connectivity index is 1.99. The maximum absolute atomic E-state index is 12.1. The van der Waals surface area contributed by atoms with Crippen molar-refractivity contribution in [3.05, 3.63) is 0 Å². The van der Waals surface area contributed by atoms with Gasteiger partial charge in [0.25, 0.3) is 0 Å². The van der Waals surface area contributed by atoms with Gasteiger partial charge in [-0.15, -0.1) is 0 Å². The van der Waals surface area contributed by atoms with Crippen LogP contribution in [-0.2, 0) is 4.79 Å². The smallest absolute Gasteiger partial charge is 0.240 e. The average Bonchev–Trinajstić information content (AvgIpc) is 3.03. The third kappa shape index (κ3) is 2.07. The lowest BCUT2D eigenvalue weighted by atomic mass is 10.0. The molecule has 0 aromatic heterocycles. The number of likely N-dealkylation sites (tertiary alicyclic amines) is 1. The van der Waals surface area contributed by atoms with Crippen LogP contribution in [0.2, 0.25) is 0 Å². The van der Waals surface area contributed by atoms with Crippen LogP contribution in [0.15, 0.2) is 0 Å². The number of nitrogens with one attached hydrogen (secondary N) is 1. The van der Waals surface area contributed by atoms with E-state index in [1.54, 1.807) is 11.8 Å². The van der Waals surface area contributed by atoms with Gasteiger partial charge in [-0.1, -0.05) is 0 Å². The Hall–Kier alpha value is -0.650. The molecule has 1 aliphatic heterocycles. The van der Waals surface area contributed by atoms with E-state index in [1.807, 2.05) is 0 Å². The van der Waals surface area contributed by atoms with Crippen LogP contribution in [0.1, 0.15) is 26.2 Å². The second-order valence-electron chi connectivity index (χ2n) is 5.09. The lowest BCUT2D eigenvalue weighted by Gasteiger charge is -2.35. The van der Waals surface area contributed by atoms with Crippen LogP contribution in [0.3, 0.4) is 0 Å². The SMILES string of the molecule is CC(CO)(CO)N1CCC(NC2CC2)C1=O. The number of aliphatic hydroxyl groups is 2. The predicted octanol–water partition coefficient (Wildman–Crippen LogP) is -0.917. The minimum absolute atomic E-state index is 0.0116. The predicted molar refractivity (Wildman–Crippen MR) is 58.9 cm³/mol. The molecule has 1 atom stereocenters. The van der Waals surface area contributed by atoms with E-state index in [-0.39, 0.29) is 25.2 Å². The first kappa shape index (κ1) is 11.8. The van der Waals surface area contributed by atoms with Crippen molar-refractivity contribution in [3.8, 4) is 0 Å². The molecule has 2 fully saturated rings. The van der Waals surface area contributed by atoms with E-state index < -0.39 is 5.54 Å². The summed E-state index contributed by atoms with van der Waals surface area (Å²) in [5.74, 6) is 0.0116. The molecule has 5 nitrogen and oxygen atoms in total. The van der Waals surface area contributed by atoms with Gasteiger partial charge in [0, 0.05) is 12.6 Å². The third-order valence-corrected chi connectivity index (χ3v) is 3.55. The standard InChI is InChI=1S/C11H20N2O3/c1-11(6-14,7-15)13-5-4-9(10(13)16)12-8-2-3-8/h8-9,12,14-15H,2-7H2,1H3. The summed E-state index contributed by atoms with van der Waals surface area (Å²) in [5.41, 5.74) is -0.822. The van der Waals surface area contributed by atoms with Crippen LogP contribution in [0.5, 0.6) is 0 Å². The molecule has 1 saturated heterocycles. The monoisotopic (exact) mass is 228 g/mol. The summed E-state index contributed by atoms with van der Waals surface area (Å²) in [4.78, 5) is 13.7. The second kappa shape index (κ2) is 4.31. The van der Waals surface area contributed by atoms with Gasteiger partial charge in [0.05, 0.1) is 24.8 Å². The average molecular weight is 228 g/mol. The second-order valence-corrected chi connectivity index (χ2v) is 5.09. The fourth-order valence-electron chi connectivity index (χ4n) is 2.13. The van der Waals surface area contributed by atoms with Crippen molar-refractivity contribution in [1.29, 1.82) is 0 Å². The van der Waals surface area contributed by atoms with E-state index in [9.17, 15) is 15.0 Å². The van der Waals surface area contributed by atoms with Crippen LogP contribution in [0.25, 0.3) is 0 Å². The van der Waals surface area contributed by atoms with Gasteiger partial charge in [0.15, 0.2) is 0 Å². The molecule has 2 aliphatic rings. The molecule has 1 heterocycles. The normalized spacial score (nSPS) is 26.6. The van der Waals surface area contributed by atoms with Crippen molar-refractivity contribution in [3.63, 3.8) is 0 Å². The Bertz CT molecular complexity index is 274. The number of carbonyl (C=O) groups excluding carboxylic acids is 1. The lowest BCUT2D eigenvalue weighted by Crippen LogP contribution is -2.54. The van der Waals surface area contributed by atoms with Crippen LogP contribution >= 0.6 is 0 Å². The minimum atomic E-state index is -0.822. The summed E-state index contributed by atoms with van der Waals surface area (Å²) >= 11 is 0. The molecule has 0 bridgehead atoms. The number of hydrogen-bond donors (Lipinski definition) is 3. The number of nitrogens with zero attached hydrogens (tertiary/aromatic N) is 1. The topological polar surface area (TPSA) is 72.8 Å². The van der Waals surface area contributed by atoms with E-state index in [0.29, 0.717) is 12.6 Å². The minimum Gasteiger partial charge on any atom is -0.394 e. The number of amides is 1. The molecule has 5 heteroatoms. The molecule has 2 rings (SSSR count). The maximum Gasteiger partial charge on any atom is 0.240 e. The summed E-state index contributed by atoms with van der Waals surface area (Å²) < 4.78 is 0. The first-order chi connectivity index (χ1) is 7.60. The highest BCUT2D eigenvalue weighted by Gasteiger charge is 2.43. The molecule has 92 valence electrons. The molecule has 0 radical (unpaired) electrons. The van der Waals surface area contributed by atoms with E-state index in [1.165, 1.54) is 0 Å². The first-order valence-corrected chi connectivity index (χ1v) is 5.90. The van der Waals surface area contributed by atoms with Gasteiger partial charge in [0.2, 0.25) is 5.91 Å². The molecule has 16 heavy (non-hydrogen) atoms. The van der Waals surface area contributed by atoms with Crippen molar-refractivity contribution < 1.29 is 15.0 Å². The molecule has 0 aromatic carbocycles. The fourth-order valence-corrected chi connectivity index (χ4v) is 2.13. The molecule has 0 spiro atoms.